The van der Waals surface area contributed by atoms with Crippen LogP contribution in [0.2, 0.25) is 0 Å². The van der Waals surface area contributed by atoms with Gasteiger partial charge in [-0.05, 0) is 31.9 Å². The highest BCUT2D eigenvalue weighted by Gasteiger charge is 2.10. The Morgan fingerprint density at radius 2 is 2.10 bits per heavy atom. The van der Waals surface area contributed by atoms with Gasteiger partial charge in [0.05, 0.1) is 13.2 Å². The molecule has 0 aliphatic rings. The van der Waals surface area contributed by atoms with Gasteiger partial charge < -0.3 is 19.9 Å². The molecule has 1 amide bonds. The summed E-state index contributed by atoms with van der Waals surface area (Å²) in [5.41, 5.74) is 0.634. The van der Waals surface area contributed by atoms with Gasteiger partial charge in [-0.15, -0.1) is 0 Å². The topological polar surface area (TPSA) is 67.8 Å². The number of benzene rings is 1. The normalized spacial score (nSPS) is 11.8. The number of hydrogen-bond donors (Lipinski definition) is 2. The summed E-state index contributed by atoms with van der Waals surface area (Å²) in [6.45, 7) is 6.37. The molecule has 1 aromatic rings. The molecular weight excluding hydrogens is 270 g/mol. The molecule has 1 atom stereocenters. The second-order valence-corrected chi connectivity index (χ2v) is 4.94. The number of aliphatic hydroxyl groups excluding tert-OH is 1. The lowest BCUT2D eigenvalue weighted by atomic mass is 10.2. The highest BCUT2D eigenvalue weighted by atomic mass is 16.5. The summed E-state index contributed by atoms with van der Waals surface area (Å²) in [7, 11) is 0. The average molecular weight is 295 g/mol. The summed E-state index contributed by atoms with van der Waals surface area (Å²) in [4.78, 5) is 11.7. The molecule has 5 nitrogen and oxygen atoms in total. The summed E-state index contributed by atoms with van der Waals surface area (Å²) in [5.74, 6) is 0.977. The first-order valence-corrected chi connectivity index (χ1v) is 7.39. The summed E-state index contributed by atoms with van der Waals surface area (Å²) < 4.78 is 11.0. The van der Waals surface area contributed by atoms with Crippen LogP contribution < -0.4 is 14.8 Å². The minimum absolute atomic E-state index is 0.0748. The predicted octanol–water partition coefficient (Wildman–Crippen LogP) is 2.26. The number of nitrogens with one attached hydrogen (secondary N) is 1. The molecule has 1 aromatic carbocycles. The number of ether oxygens (including phenoxy) is 2. The van der Waals surface area contributed by atoms with Crippen molar-refractivity contribution in [3.05, 3.63) is 23.8 Å². The van der Waals surface area contributed by atoms with Crippen molar-refractivity contribution in [1.82, 2.24) is 5.32 Å². The lowest BCUT2D eigenvalue weighted by Crippen LogP contribution is -2.35. The SMILES string of the molecule is CCCOc1ccc(CO)c(OCC(=O)NC(C)CC)c1. The quantitative estimate of drug-likeness (QED) is 0.733. The molecule has 2 N–H and O–H groups in total. The fourth-order valence-corrected chi connectivity index (χ4v) is 1.67. The molecule has 1 unspecified atom stereocenters. The van der Waals surface area contributed by atoms with E-state index in [4.69, 9.17) is 9.47 Å². The fourth-order valence-electron chi connectivity index (χ4n) is 1.67. The largest absolute Gasteiger partial charge is 0.493 e. The molecule has 0 saturated heterocycles. The van der Waals surface area contributed by atoms with Crippen LogP contribution >= 0.6 is 0 Å². The number of amides is 1. The molecule has 0 aliphatic carbocycles. The van der Waals surface area contributed by atoms with Gasteiger partial charge >= 0.3 is 0 Å². The minimum Gasteiger partial charge on any atom is -0.493 e. The van der Waals surface area contributed by atoms with Gasteiger partial charge in [0, 0.05) is 17.7 Å². The van der Waals surface area contributed by atoms with Crippen molar-refractivity contribution < 1.29 is 19.4 Å². The van der Waals surface area contributed by atoms with E-state index in [1.807, 2.05) is 20.8 Å². The Balaban J connectivity index is 2.64. The molecule has 0 aliphatic heterocycles. The summed E-state index contributed by atoms with van der Waals surface area (Å²) in [6.07, 6.45) is 1.78. The second kappa shape index (κ2) is 9.23. The van der Waals surface area contributed by atoms with Crippen molar-refractivity contribution in [1.29, 1.82) is 0 Å². The van der Waals surface area contributed by atoms with Crippen LogP contribution in [0.4, 0.5) is 0 Å². The fraction of sp³-hybridized carbons (Fsp3) is 0.562. The standard InChI is InChI=1S/C16H25NO4/c1-4-8-20-14-7-6-13(10-18)15(9-14)21-11-16(19)17-12(3)5-2/h6-7,9,12,18H,4-5,8,10-11H2,1-3H3,(H,17,19). The van der Waals surface area contributed by atoms with E-state index in [1.54, 1.807) is 18.2 Å². The van der Waals surface area contributed by atoms with Gasteiger partial charge in [-0.3, -0.25) is 4.79 Å². The molecule has 5 heteroatoms. The van der Waals surface area contributed by atoms with E-state index >= 15 is 0 Å². The Bertz CT molecular complexity index is 448. The molecule has 0 fully saturated rings. The van der Waals surface area contributed by atoms with Gasteiger partial charge in [0.2, 0.25) is 0 Å². The van der Waals surface area contributed by atoms with Crippen LogP contribution in [0.1, 0.15) is 39.2 Å². The van der Waals surface area contributed by atoms with E-state index in [-0.39, 0.29) is 25.2 Å². The Kier molecular flexibility index (Phi) is 7.61. The molecule has 0 aromatic heterocycles. The molecule has 0 spiro atoms. The minimum atomic E-state index is -0.173. The summed E-state index contributed by atoms with van der Waals surface area (Å²) in [6, 6.07) is 5.36. The maximum absolute atomic E-state index is 11.7. The van der Waals surface area contributed by atoms with Gasteiger partial charge in [0.15, 0.2) is 6.61 Å². The van der Waals surface area contributed by atoms with E-state index in [0.717, 1.165) is 12.8 Å². The van der Waals surface area contributed by atoms with Crippen LogP contribution in [-0.4, -0.2) is 30.3 Å². The molecule has 1 rings (SSSR count). The van der Waals surface area contributed by atoms with E-state index < -0.39 is 0 Å². The lowest BCUT2D eigenvalue weighted by molar-refractivity contribution is -0.123. The summed E-state index contributed by atoms with van der Waals surface area (Å²) >= 11 is 0. The van der Waals surface area contributed by atoms with Crippen LogP contribution in [0.15, 0.2) is 18.2 Å². The Morgan fingerprint density at radius 1 is 1.33 bits per heavy atom. The zero-order valence-electron chi connectivity index (χ0n) is 13.0. The smallest absolute Gasteiger partial charge is 0.258 e. The maximum atomic E-state index is 11.7. The van der Waals surface area contributed by atoms with Crippen LogP contribution in [-0.2, 0) is 11.4 Å². The lowest BCUT2D eigenvalue weighted by Gasteiger charge is -2.14. The van der Waals surface area contributed by atoms with E-state index in [1.165, 1.54) is 0 Å². The molecule has 0 heterocycles. The third kappa shape index (κ3) is 6.04. The molecule has 0 bridgehead atoms. The monoisotopic (exact) mass is 295 g/mol. The Morgan fingerprint density at radius 3 is 2.71 bits per heavy atom. The van der Waals surface area contributed by atoms with E-state index in [9.17, 15) is 9.90 Å². The number of carbonyl (C=O) groups excluding carboxylic acids is 1. The number of hydrogen-bond acceptors (Lipinski definition) is 4. The predicted molar refractivity (Wildman–Crippen MR) is 81.5 cm³/mol. The van der Waals surface area contributed by atoms with Crippen molar-refractivity contribution in [2.45, 2.75) is 46.3 Å². The highest BCUT2D eigenvalue weighted by Crippen LogP contribution is 2.25. The van der Waals surface area contributed by atoms with Gasteiger partial charge in [-0.2, -0.15) is 0 Å². The molecule has 0 saturated carbocycles. The Labute approximate surface area is 126 Å². The third-order valence-electron chi connectivity index (χ3n) is 3.06. The summed E-state index contributed by atoms with van der Waals surface area (Å²) in [5, 5.41) is 12.1. The maximum Gasteiger partial charge on any atom is 0.258 e. The van der Waals surface area contributed by atoms with Crippen LogP contribution in [0, 0.1) is 0 Å². The average Bonchev–Trinajstić information content (AvgIpc) is 2.50. The number of aliphatic hydroxyl groups is 1. The van der Waals surface area contributed by atoms with Crippen LogP contribution in [0.25, 0.3) is 0 Å². The van der Waals surface area contributed by atoms with Gasteiger partial charge in [-0.1, -0.05) is 13.8 Å². The van der Waals surface area contributed by atoms with Crippen LogP contribution in [0.3, 0.4) is 0 Å². The van der Waals surface area contributed by atoms with Crippen molar-refractivity contribution in [3.63, 3.8) is 0 Å². The second-order valence-electron chi connectivity index (χ2n) is 4.94. The van der Waals surface area contributed by atoms with Gasteiger partial charge in [0.25, 0.3) is 5.91 Å². The van der Waals surface area contributed by atoms with Crippen molar-refractivity contribution >= 4 is 5.91 Å². The highest BCUT2D eigenvalue weighted by molar-refractivity contribution is 5.77. The van der Waals surface area contributed by atoms with Crippen molar-refractivity contribution in [2.75, 3.05) is 13.2 Å². The number of rotatable bonds is 9. The van der Waals surface area contributed by atoms with Gasteiger partial charge in [-0.25, -0.2) is 0 Å². The van der Waals surface area contributed by atoms with Crippen molar-refractivity contribution in [2.24, 2.45) is 0 Å². The van der Waals surface area contributed by atoms with Gasteiger partial charge in [0.1, 0.15) is 11.5 Å². The van der Waals surface area contributed by atoms with E-state index in [2.05, 4.69) is 5.32 Å². The van der Waals surface area contributed by atoms with Crippen LogP contribution in [0.5, 0.6) is 11.5 Å². The first kappa shape index (κ1) is 17.3. The van der Waals surface area contributed by atoms with E-state index in [0.29, 0.717) is 23.7 Å². The molecule has 118 valence electrons. The molecular formula is C16H25NO4. The van der Waals surface area contributed by atoms with Crippen molar-refractivity contribution in [3.8, 4) is 11.5 Å². The zero-order chi connectivity index (χ0) is 15.7. The molecule has 0 radical (unpaired) electrons. The zero-order valence-corrected chi connectivity index (χ0v) is 13.0. The third-order valence-corrected chi connectivity index (χ3v) is 3.06. The first-order chi connectivity index (χ1) is 10.1. The number of carbonyl (C=O) groups is 1. The first-order valence-electron chi connectivity index (χ1n) is 7.39. The molecule has 21 heavy (non-hydrogen) atoms. The Hall–Kier alpha value is -1.75.